The Labute approximate surface area is 238 Å². The lowest BCUT2D eigenvalue weighted by Gasteiger charge is -2.36. The minimum Gasteiger partial charge on any atom is -0.493 e. The maximum absolute atomic E-state index is 14.5. The Kier molecular flexibility index (Phi) is 6.36. The molecule has 4 aromatic carbocycles. The third-order valence-electron chi connectivity index (χ3n) is 8.29. The summed E-state index contributed by atoms with van der Waals surface area (Å²) in [6.07, 6.45) is 3.87. The molecule has 0 N–H and O–H groups in total. The summed E-state index contributed by atoms with van der Waals surface area (Å²) in [5.41, 5.74) is 1.20. The zero-order chi connectivity index (χ0) is 28.7. The van der Waals surface area contributed by atoms with E-state index < -0.39 is 23.4 Å². The Balaban J connectivity index is 1.66. The van der Waals surface area contributed by atoms with Crippen LogP contribution in [0.3, 0.4) is 0 Å². The first kappa shape index (κ1) is 26.0. The Bertz CT molecular complexity index is 1740. The van der Waals surface area contributed by atoms with Crippen LogP contribution in [-0.2, 0) is 0 Å². The predicted octanol–water partition coefficient (Wildman–Crippen LogP) is 6.15. The monoisotopic (exact) mass is 541 g/mol. The summed E-state index contributed by atoms with van der Waals surface area (Å²) < 4.78 is 16.8. The van der Waals surface area contributed by atoms with Crippen molar-refractivity contribution >= 4 is 28.3 Å². The molecule has 0 bridgehead atoms. The first-order valence-corrected chi connectivity index (χ1v) is 13.2. The van der Waals surface area contributed by atoms with Gasteiger partial charge in [0.05, 0.1) is 39.5 Å². The van der Waals surface area contributed by atoms with Crippen LogP contribution in [0, 0.1) is 28.1 Å². The van der Waals surface area contributed by atoms with Crippen molar-refractivity contribution in [2.45, 2.75) is 18.0 Å². The highest BCUT2D eigenvalue weighted by atomic mass is 16.5. The largest absolute Gasteiger partial charge is 0.493 e. The van der Waals surface area contributed by atoms with Crippen LogP contribution < -0.4 is 19.1 Å². The van der Waals surface area contributed by atoms with E-state index in [2.05, 4.69) is 12.1 Å². The molecule has 6 rings (SSSR count). The molecule has 0 spiro atoms. The first-order valence-electron chi connectivity index (χ1n) is 13.2. The molecule has 2 heterocycles. The van der Waals surface area contributed by atoms with Gasteiger partial charge in [0.1, 0.15) is 6.04 Å². The number of ketones is 1. The molecule has 3 atom stereocenters. The Morgan fingerprint density at radius 1 is 0.854 bits per heavy atom. The second-order valence-electron chi connectivity index (χ2n) is 10.1. The summed E-state index contributed by atoms with van der Waals surface area (Å²) in [5, 5.41) is 23.7. The molecule has 0 radical (unpaired) electrons. The number of Topliss-reactive ketones (excluding diaryl/α,β-unsaturated/α-hetero) is 1. The summed E-state index contributed by atoms with van der Waals surface area (Å²) in [5.74, 6) is 0.104. The summed E-state index contributed by atoms with van der Waals surface area (Å²) in [6.45, 7) is 0. The van der Waals surface area contributed by atoms with Gasteiger partial charge in [-0.1, -0.05) is 72.8 Å². The van der Waals surface area contributed by atoms with Gasteiger partial charge in [-0.05, 0) is 34.5 Å². The number of methoxy groups -OCH3 is 3. The van der Waals surface area contributed by atoms with Gasteiger partial charge in [-0.25, -0.2) is 0 Å². The van der Waals surface area contributed by atoms with Gasteiger partial charge in [-0.15, -0.1) is 0 Å². The molecule has 7 nitrogen and oxygen atoms in total. The smallest absolute Gasteiger partial charge is 0.203 e. The fourth-order valence-corrected chi connectivity index (χ4v) is 6.48. The van der Waals surface area contributed by atoms with Crippen LogP contribution in [0.25, 0.3) is 16.8 Å². The summed E-state index contributed by atoms with van der Waals surface area (Å²) >= 11 is 0. The fraction of sp³-hybridized carbons (Fsp3) is 0.206. The third-order valence-corrected chi connectivity index (χ3v) is 8.29. The molecule has 2 aliphatic heterocycles. The number of rotatable bonds is 6. The molecule has 0 aliphatic carbocycles. The molecule has 1 saturated heterocycles. The van der Waals surface area contributed by atoms with E-state index in [0.717, 1.165) is 22.0 Å². The molecule has 0 aromatic heterocycles. The van der Waals surface area contributed by atoms with Gasteiger partial charge in [-0.2, -0.15) is 10.5 Å². The molecule has 2 aliphatic rings. The summed E-state index contributed by atoms with van der Waals surface area (Å²) in [6, 6.07) is 27.7. The van der Waals surface area contributed by atoms with Crippen LogP contribution in [0.5, 0.6) is 17.2 Å². The molecular weight excluding hydrogens is 514 g/mol. The van der Waals surface area contributed by atoms with Crippen molar-refractivity contribution in [2.24, 2.45) is 5.41 Å². The highest BCUT2D eigenvalue weighted by Crippen LogP contribution is 2.57. The Hall–Kier alpha value is -5.27. The van der Waals surface area contributed by atoms with Gasteiger partial charge >= 0.3 is 0 Å². The molecular formula is C34H27N3O4. The van der Waals surface area contributed by atoms with Crippen LogP contribution in [0.15, 0.2) is 84.9 Å². The van der Waals surface area contributed by atoms with E-state index in [0.29, 0.717) is 28.4 Å². The number of benzene rings is 4. The number of nitrogens with zero attached hydrogens (tertiary/aromatic N) is 3. The van der Waals surface area contributed by atoms with E-state index in [4.69, 9.17) is 14.2 Å². The fourth-order valence-electron chi connectivity index (χ4n) is 6.48. The maximum atomic E-state index is 14.5. The number of hydrogen-bond acceptors (Lipinski definition) is 7. The molecule has 41 heavy (non-hydrogen) atoms. The van der Waals surface area contributed by atoms with Gasteiger partial charge in [-0.3, -0.25) is 4.79 Å². The van der Waals surface area contributed by atoms with Gasteiger partial charge in [0.25, 0.3) is 0 Å². The van der Waals surface area contributed by atoms with Crippen molar-refractivity contribution in [3.8, 4) is 29.4 Å². The molecule has 7 heteroatoms. The van der Waals surface area contributed by atoms with Crippen LogP contribution in [0.1, 0.15) is 27.4 Å². The lowest BCUT2D eigenvalue weighted by Crippen LogP contribution is -2.44. The number of carbonyl (C=O) groups excluding carboxylic acids is 1. The Morgan fingerprint density at radius 3 is 2.15 bits per heavy atom. The van der Waals surface area contributed by atoms with Gasteiger partial charge < -0.3 is 19.1 Å². The predicted molar refractivity (Wildman–Crippen MR) is 156 cm³/mol. The number of fused-ring (bicyclic) bond motifs is 5. The SMILES string of the molecule is COc1cc([C@@H]2[C@@H](C(=O)c3ccccc3)N3c4ccc5ccccc5c4C=C[C@@H]3C2(C#N)C#N)cc(OC)c1OC. The van der Waals surface area contributed by atoms with Crippen molar-refractivity contribution in [3.05, 3.63) is 102 Å². The minimum absolute atomic E-state index is 0.184. The maximum Gasteiger partial charge on any atom is 0.203 e. The van der Waals surface area contributed by atoms with E-state index in [9.17, 15) is 15.3 Å². The van der Waals surface area contributed by atoms with Crippen LogP contribution in [-0.4, -0.2) is 39.2 Å². The number of anilines is 1. The van der Waals surface area contributed by atoms with Crippen molar-refractivity contribution in [1.82, 2.24) is 0 Å². The number of ether oxygens (including phenoxy) is 3. The molecule has 0 unspecified atom stereocenters. The summed E-state index contributed by atoms with van der Waals surface area (Å²) in [7, 11) is 4.54. The van der Waals surface area contributed by atoms with Crippen molar-refractivity contribution < 1.29 is 19.0 Å². The zero-order valence-electron chi connectivity index (χ0n) is 22.9. The lowest BCUT2D eigenvalue weighted by atomic mass is 9.69. The van der Waals surface area contributed by atoms with Gasteiger partial charge in [0.15, 0.2) is 22.7 Å². The van der Waals surface area contributed by atoms with Crippen LogP contribution >= 0.6 is 0 Å². The van der Waals surface area contributed by atoms with Gasteiger partial charge in [0.2, 0.25) is 5.75 Å². The highest BCUT2D eigenvalue weighted by Gasteiger charge is 2.63. The van der Waals surface area contributed by atoms with E-state index >= 15 is 0 Å². The molecule has 202 valence electrons. The van der Waals surface area contributed by atoms with Crippen molar-refractivity contribution in [3.63, 3.8) is 0 Å². The molecule has 0 amide bonds. The van der Waals surface area contributed by atoms with Crippen LogP contribution in [0.4, 0.5) is 5.69 Å². The average Bonchev–Trinajstić information content (AvgIpc) is 3.34. The second kappa shape index (κ2) is 10.0. The second-order valence-corrected chi connectivity index (χ2v) is 10.1. The van der Waals surface area contributed by atoms with E-state index in [-0.39, 0.29) is 5.78 Å². The van der Waals surface area contributed by atoms with E-state index in [1.165, 1.54) is 21.3 Å². The van der Waals surface area contributed by atoms with Gasteiger partial charge in [0, 0.05) is 22.7 Å². The highest BCUT2D eigenvalue weighted by molar-refractivity contribution is 6.06. The summed E-state index contributed by atoms with van der Waals surface area (Å²) in [4.78, 5) is 16.5. The molecule has 1 fully saturated rings. The zero-order valence-corrected chi connectivity index (χ0v) is 22.9. The number of carbonyl (C=O) groups is 1. The van der Waals surface area contributed by atoms with Crippen LogP contribution in [0.2, 0.25) is 0 Å². The minimum atomic E-state index is -1.61. The molecule has 0 saturated carbocycles. The van der Waals surface area contributed by atoms with Crippen molar-refractivity contribution in [1.29, 1.82) is 10.5 Å². The third kappa shape index (κ3) is 3.74. The average molecular weight is 542 g/mol. The quantitative estimate of drug-likeness (QED) is 0.270. The number of hydrogen-bond donors (Lipinski definition) is 0. The lowest BCUT2D eigenvalue weighted by molar-refractivity contribution is 0.0950. The molecule has 4 aromatic rings. The standard InChI is InChI=1S/C34H27N3O4/c1-39-27-17-23(18-28(40-2)33(27)41-3)30-31(32(38)22-10-5-4-6-11-22)37-26-15-13-21-9-7-8-12-24(21)25(26)14-16-29(37)34(30,19-35)20-36/h4-18,29-31H,1-3H3/t29-,30-,31+/m1/s1. The van der Waals surface area contributed by atoms with E-state index in [1.807, 2.05) is 71.6 Å². The topological polar surface area (TPSA) is 95.6 Å². The number of nitriles is 2. The van der Waals surface area contributed by atoms with E-state index in [1.54, 1.807) is 24.3 Å². The first-order chi connectivity index (χ1) is 20.0. The Morgan fingerprint density at radius 2 is 1.51 bits per heavy atom. The normalized spacial score (nSPS) is 19.9. The van der Waals surface area contributed by atoms with Crippen molar-refractivity contribution in [2.75, 3.05) is 26.2 Å².